The highest BCUT2D eigenvalue weighted by Gasteiger charge is 2.47. The van der Waals surface area contributed by atoms with E-state index in [-0.39, 0.29) is 5.91 Å². The van der Waals surface area contributed by atoms with Gasteiger partial charge in [0.05, 0.1) is 6.54 Å². The summed E-state index contributed by atoms with van der Waals surface area (Å²) in [6.45, 7) is -0.139. The molecule has 1 saturated heterocycles. The van der Waals surface area contributed by atoms with Crippen molar-refractivity contribution >= 4 is 23.5 Å². The number of aryl methyl sites for hydroxylation is 1. The predicted molar refractivity (Wildman–Crippen MR) is 130 cm³/mol. The molecule has 1 N–H and O–H groups in total. The molecular weight excluding hydrogens is 506 g/mol. The molecule has 0 bridgehead atoms. The number of benzene rings is 2. The molecule has 38 heavy (non-hydrogen) atoms. The van der Waals surface area contributed by atoms with Crippen LogP contribution in [0.25, 0.3) is 0 Å². The maximum atomic E-state index is 14.0. The quantitative estimate of drug-likeness (QED) is 0.414. The highest BCUT2D eigenvalue weighted by Crippen LogP contribution is 2.28. The van der Waals surface area contributed by atoms with E-state index in [9.17, 15) is 31.9 Å². The number of hydroxylamine groups is 2. The van der Waals surface area contributed by atoms with E-state index >= 15 is 0 Å². The number of para-hydroxylation sites is 1. The van der Waals surface area contributed by atoms with Gasteiger partial charge >= 0.3 is 12.1 Å². The smallest absolute Gasteiger partial charge is 0.360 e. The molecule has 7 nitrogen and oxygen atoms in total. The van der Waals surface area contributed by atoms with E-state index in [1.807, 2.05) is 54.6 Å². The van der Waals surface area contributed by atoms with Crippen molar-refractivity contribution in [2.45, 2.75) is 50.1 Å². The van der Waals surface area contributed by atoms with Gasteiger partial charge in [0, 0.05) is 30.8 Å². The number of carbonyl (C=O) groups excluding carboxylic acids is 3. The molecule has 0 aliphatic carbocycles. The van der Waals surface area contributed by atoms with Crippen LogP contribution in [-0.2, 0) is 32.1 Å². The first-order chi connectivity index (χ1) is 18.1. The number of nitrogens with zero attached hydrogens (tertiary/aromatic N) is 2. The average Bonchev–Trinajstić information content (AvgIpc) is 3.48. The number of halogens is 4. The molecule has 0 saturated carbocycles. The van der Waals surface area contributed by atoms with Crippen LogP contribution in [0.2, 0.25) is 0 Å². The van der Waals surface area contributed by atoms with Crippen LogP contribution < -0.4 is 10.2 Å². The molecule has 0 unspecified atom stereocenters. The molecule has 1 fully saturated rings. The first kappa shape index (κ1) is 27.3. The minimum Gasteiger partial charge on any atom is -0.360 e. The highest BCUT2D eigenvalue weighted by atomic mass is 19.4. The van der Waals surface area contributed by atoms with E-state index in [2.05, 4.69) is 10.2 Å². The number of hydrogen-bond donors (Lipinski definition) is 1. The van der Waals surface area contributed by atoms with Crippen molar-refractivity contribution in [3.63, 3.8) is 0 Å². The lowest BCUT2D eigenvalue weighted by atomic mass is 10.0. The molecule has 2 heterocycles. The predicted octanol–water partition coefficient (Wildman–Crippen LogP) is 3.68. The van der Waals surface area contributed by atoms with Gasteiger partial charge in [-0.25, -0.2) is 9.18 Å². The van der Waals surface area contributed by atoms with Gasteiger partial charge in [-0.3, -0.25) is 9.59 Å². The minimum atomic E-state index is -5.29. The fraction of sp³-hybridized carbons (Fsp3) is 0.370. The topological polar surface area (TPSA) is 79.0 Å². The third-order valence-electron chi connectivity index (χ3n) is 6.48. The Morgan fingerprint density at radius 3 is 2.53 bits per heavy atom. The Morgan fingerprint density at radius 1 is 1.08 bits per heavy atom. The summed E-state index contributed by atoms with van der Waals surface area (Å²) < 4.78 is 52.0. The largest absolute Gasteiger partial charge is 0.492 e. The van der Waals surface area contributed by atoms with Crippen LogP contribution in [0.1, 0.15) is 24.0 Å². The van der Waals surface area contributed by atoms with Crippen LogP contribution in [0, 0.1) is 0 Å². The fourth-order valence-electron chi connectivity index (χ4n) is 4.57. The van der Waals surface area contributed by atoms with Crippen LogP contribution in [0.4, 0.5) is 23.2 Å². The van der Waals surface area contributed by atoms with Crippen LogP contribution in [0.3, 0.4) is 0 Å². The van der Waals surface area contributed by atoms with E-state index in [0.717, 1.165) is 23.2 Å². The van der Waals surface area contributed by atoms with Gasteiger partial charge in [0.1, 0.15) is 12.2 Å². The zero-order valence-corrected chi connectivity index (χ0v) is 20.4. The first-order valence-corrected chi connectivity index (χ1v) is 12.2. The second-order valence-corrected chi connectivity index (χ2v) is 9.19. The molecule has 2 aliphatic heterocycles. The number of nitrogens with one attached hydrogen (secondary N) is 1. The van der Waals surface area contributed by atoms with Gasteiger partial charge < -0.3 is 15.1 Å². The first-order valence-electron chi connectivity index (χ1n) is 12.2. The molecular formula is C27H27F4N3O4. The Hall–Kier alpha value is -3.73. The van der Waals surface area contributed by atoms with Gasteiger partial charge in [-0.05, 0) is 36.5 Å². The summed E-state index contributed by atoms with van der Waals surface area (Å²) in [5.74, 6) is -3.61. The summed E-state index contributed by atoms with van der Waals surface area (Å²) in [7, 11) is 0. The Balaban J connectivity index is 1.46. The van der Waals surface area contributed by atoms with Crippen LogP contribution in [-0.4, -0.2) is 60.4 Å². The normalized spacial score (nSPS) is 20.4. The van der Waals surface area contributed by atoms with Crippen LogP contribution in [0.5, 0.6) is 0 Å². The maximum absolute atomic E-state index is 14.0. The lowest BCUT2D eigenvalue weighted by Gasteiger charge is -2.24. The van der Waals surface area contributed by atoms with Gasteiger partial charge in [-0.1, -0.05) is 54.6 Å². The third-order valence-corrected chi connectivity index (χ3v) is 6.48. The van der Waals surface area contributed by atoms with E-state index in [4.69, 9.17) is 0 Å². The summed E-state index contributed by atoms with van der Waals surface area (Å²) in [5, 5.41) is 3.11. The Morgan fingerprint density at radius 2 is 1.79 bits per heavy atom. The summed E-state index contributed by atoms with van der Waals surface area (Å²) in [4.78, 5) is 43.1. The van der Waals surface area contributed by atoms with Crippen molar-refractivity contribution in [2.75, 3.05) is 18.0 Å². The van der Waals surface area contributed by atoms with Gasteiger partial charge in [0.25, 0.3) is 5.91 Å². The lowest BCUT2D eigenvalue weighted by molar-refractivity contribution is -0.240. The Kier molecular flexibility index (Phi) is 8.45. The summed E-state index contributed by atoms with van der Waals surface area (Å²) >= 11 is 0. The molecule has 0 radical (unpaired) electrons. The summed E-state index contributed by atoms with van der Waals surface area (Å²) in [5.41, 5.74) is 2.85. The van der Waals surface area contributed by atoms with Gasteiger partial charge in [0.2, 0.25) is 5.91 Å². The zero-order valence-electron chi connectivity index (χ0n) is 20.4. The van der Waals surface area contributed by atoms with Gasteiger partial charge in [-0.2, -0.15) is 13.2 Å². The number of fused-ring (bicyclic) bond motifs is 1. The van der Waals surface area contributed by atoms with Crippen LogP contribution in [0.15, 0.2) is 66.7 Å². The monoisotopic (exact) mass is 533 g/mol. The molecule has 0 aromatic heterocycles. The van der Waals surface area contributed by atoms with E-state index in [1.54, 1.807) is 4.90 Å². The van der Waals surface area contributed by atoms with E-state index in [0.29, 0.717) is 24.4 Å². The summed E-state index contributed by atoms with van der Waals surface area (Å²) in [6, 6.07) is 14.8. The molecule has 202 valence electrons. The number of carbonyl (C=O) groups is 3. The van der Waals surface area contributed by atoms with Crippen molar-refractivity contribution in [3.8, 4) is 0 Å². The highest BCUT2D eigenvalue weighted by molar-refractivity contribution is 6.03. The van der Waals surface area contributed by atoms with E-state index < -0.39 is 49.3 Å². The number of anilines is 1. The lowest BCUT2D eigenvalue weighted by Crippen LogP contribution is -2.48. The molecule has 2 aliphatic rings. The molecule has 2 amide bonds. The number of amides is 2. The van der Waals surface area contributed by atoms with Crippen molar-refractivity contribution in [1.82, 2.24) is 10.4 Å². The summed E-state index contributed by atoms with van der Waals surface area (Å²) in [6.07, 6.45) is -2.88. The minimum absolute atomic E-state index is 0.278. The Bertz CT molecular complexity index is 1190. The van der Waals surface area contributed by atoms with Gasteiger partial charge in [-0.15, -0.1) is 5.06 Å². The molecule has 4 rings (SSSR count). The van der Waals surface area contributed by atoms with Crippen LogP contribution >= 0.6 is 0 Å². The second-order valence-electron chi connectivity index (χ2n) is 9.19. The number of rotatable bonds is 8. The standard InChI is InChI=1S/C27H27F4N3O4/c28-20-16-23(34(17-20)38-26(37)27(29,30)31)25(36)32-21(11-10-18-6-2-1-3-7-18)12-13-24(35)33-15-14-19-8-4-5-9-22(19)33/h1-9,12-13,20-21,23H,10-11,14-17H2,(H,32,36)/b13-12+/t20-,21-,23-/m0/s1. The zero-order chi connectivity index (χ0) is 27.3. The maximum Gasteiger partial charge on any atom is 0.492 e. The third kappa shape index (κ3) is 6.77. The van der Waals surface area contributed by atoms with Crippen molar-refractivity contribution in [1.29, 1.82) is 0 Å². The van der Waals surface area contributed by atoms with Crippen molar-refractivity contribution in [3.05, 3.63) is 77.9 Å². The van der Waals surface area contributed by atoms with E-state index in [1.165, 1.54) is 12.2 Å². The number of alkyl halides is 4. The van der Waals surface area contributed by atoms with Gasteiger partial charge in [0.15, 0.2) is 0 Å². The molecule has 11 heteroatoms. The number of hydrogen-bond acceptors (Lipinski definition) is 5. The van der Waals surface area contributed by atoms with Crippen molar-refractivity contribution in [2.24, 2.45) is 0 Å². The molecule has 2 aromatic carbocycles. The van der Waals surface area contributed by atoms with Crippen molar-refractivity contribution < 1.29 is 36.8 Å². The molecule has 0 spiro atoms. The molecule has 2 aromatic rings. The fourth-order valence-corrected chi connectivity index (χ4v) is 4.57. The SMILES string of the molecule is O=C(N[C@H](/C=C/C(=O)N1CCc2ccccc21)CCc1ccccc1)[C@@H]1C[C@H](F)CN1OC(=O)C(F)(F)F. The molecule has 3 atom stereocenters. The Labute approximate surface area is 217 Å². The average molecular weight is 534 g/mol. The second kappa shape index (κ2) is 11.8.